The number of aromatic nitrogens is 1. The maximum atomic E-state index is 11.3. The van der Waals surface area contributed by atoms with Gasteiger partial charge in [-0.1, -0.05) is 12.8 Å². The highest BCUT2D eigenvalue weighted by Crippen LogP contribution is 2.24. The van der Waals surface area contributed by atoms with E-state index in [-0.39, 0.29) is 0 Å². The van der Waals surface area contributed by atoms with E-state index in [4.69, 9.17) is 5.26 Å². The molecule has 5 heteroatoms. The van der Waals surface area contributed by atoms with E-state index in [1.54, 1.807) is 18.3 Å². The lowest BCUT2D eigenvalue weighted by atomic mass is 10.1. The number of carboxylic acid groups (broad SMARTS) is 1. The monoisotopic (exact) mass is 245 g/mol. The third-order valence-electron chi connectivity index (χ3n) is 3.23. The number of nitriles is 1. The van der Waals surface area contributed by atoms with Crippen molar-refractivity contribution in [2.45, 2.75) is 31.7 Å². The van der Waals surface area contributed by atoms with Crippen molar-refractivity contribution in [3.8, 4) is 6.07 Å². The van der Waals surface area contributed by atoms with Crippen LogP contribution in [-0.2, 0) is 4.79 Å². The summed E-state index contributed by atoms with van der Waals surface area (Å²) in [6.07, 6.45) is 5.17. The van der Waals surface area contributed by atoms with Crippen LogP contribution in [0.2, 0.25) is 0 Å². The van der Waals surface area contributed by atoms with Gasteiger partial charge in [0.2, 0.25) is 0 Å². The molecule has 2 rings (SSSR count). The maximum Gasteiger partial charge on any atom is 0.326 e. The molecule has 1 aliphatic rings. The molecule has 0 aromatic carbocycles. The molecule has 1 saturated heterocycles. The molecule has 2 heterocycles. The Labute approximate surface area is 106 Å². The molecule has 1 fully saturated rings. The fraction of sp³-hybridized carbons (Fsp3) is 0.462. The molecule has 0 amide bonds. The van der Waals surface area contributed by atoms with Crippen LogP contribution in [0.3, 0.4) is 0 Å². The fourth-order valence-electron chi connectivity index (χ4n) is 2.33. The smallest absolute Gasteiger partial charge is 0.326 e. The van der Waals surface area contributed by atoms with Gasteiger partial charge in [-0.15, -0.1) is 0 Å². The minimum absolute atomic E-state index is 0.320. The van der Waals surface area contributed by atoms with Crippen LogP contribution in [0.15, 0.2) is 18.3 Å². The fourth-order valence-corrected chi connectivity index (χ4v) is 2.33. The summed E-state index contributed by atoms with van der Waals surface area (Å²) < 4.78 is 0. The summed E-state index contributed by atoms with van der Waals surface area (Å²) in [5.41, 5.74) is 1.09. The van der Waals surface area contributed by atoms with Crippen molar-refractivity contribution in [3.63, 3.8) is 0 Å². The summed E-state index contributed by atoms with van der Waals surface area (Å²) in [5.74, 6) is -0.799. The molecule has 0 bridgehead atoms. The summed E-state index contributed by atoms with van der Waals surface area (Å²) in [6.45, 7) is 0.714. The third kappa shape index (κ3) is 2.59. The van der Waals surface area contributed by atoms with E-state index in [2.05, 4.69) is 4.98 Å². The van der Waals surface area contributed by atoms with Gasteiger partial charge in [-0.3, -0.25) is 0 Å². The lowest BCUT2D eigenvalue weighted by molar-refractivity contribution is -0.138. The molecule has 1 aromatic rings. The summed E-state index contributed by atoms with van der Waals surface area (Å²) in [5, 5.41) is 18.1. The van der Waals surface area contributed by atoms with Crippen molar-refractivity contribution < 1.29 is 9.90 Å². The zero-order chi connectivity index (χ0) is 13.0. The molecule has 1 aromatic heterocycles. The first kappa shape index (κ1) is 12.4. The highest BCUT2D eigenvalue weighted by Gasteiger charge is 2.27. The molecular formula is C13H15N3O2. The first-order valence-electron chi connectivity index (χ1n) is 6.08. The Morgan fingerprint density at radius 1 is 1.50 bits per heavy atom. The van der Waals surface area contributed by atoms with Gasteiger partial charge in [0.15, 0.2) is 0 Å². The van der Waals surface area contributed by atoms with E-state index in [0.29, 0.717) is 18.7 Å². The van der Waals surface area contributed by atoms with Crippen molar-refractivity contribution in [1.29, 1.82) is 5.26 Å². The van der Waals surface area contributed by atoms with Crippen LogP contribution in [0.5, 0.6) is 0 Å². The Morgan fingerprint density at radius 3 is 3.06 bits per heavy atom. The average Bonchev–Trinajstić information content (AvgIpc) is 2.64. The molecule has 0 spiro atoms. The first-order chi connectivity index (χ1) is 8.72. The number of carboxylic acids is 1. The van der Waals surface area contributed by atoms with Crippen molar-refractivity contribution in [2.24, 2.45) is 0 Å². The minimum Gasteiger partial charge on any atom is -0.480 e. The molecule has 1 N–H and O–H groups in total. The van der Waals surface area contributed by atoms with Gasteiger partial charge in [0.1, 0.15) is 17.8 Å². The second-order valence-corrected chi connectivity index (χ2v) is 4.41. The molecule has 1 aliphatic heterocycles. The standard InChI is InChI=1S/C13H15N3O2/c14-9-10-8-11(5-6-15-10)16-7-3-1-2-4-12(16)13(17)18/h5-6,8,12H,1-4,7H2,(H,17,18). The third-order valence-corrected chi connectivity index (χ3v) is 3.23. The van der Waals surface area contributed by atoms with E-state index in [1.807, 2.05) is 11.0 Å². The van der Waals surface area contributed by atoms with E-state index in [9.17, 15) is 9.90 Å². The zero-order valence-electron chi connectivity index (χ0n) is 10.0. The summed E-state index contributed by atoms with van der Waals surface area (Å²) in [7, 11) is 0. The summed E-state index contributed by atoms with van der Waals surface area (Å²) in [6, 6.07) is 4.90. The number of hydrogen-bond donors (Lipinski definition) is 1. The van der Waals surface area contributed by atoms with Crippen molar-refractivity contribution in [3.05, 3.63) is 24.0 Å². The van der Waals surface area contributed by atoms with Gasteiger partial charge >= 0.3 is 5.97 Å². The Balaban J connectivity index is 2.32. The number of rotatable bonds is 2. The van der Waals surface area contributed by atoms with Crippen molar-refractivity contribution in [2.75, 3.05) is 11.4 Å². The van der Waals surface area contributed by atoms with Crippen molar-refractivity contribution >= 4 is 11.7 Å². The Bertz CT molecular complexity index is 481. The van der Waals surface area contributed by atoms with Crippen LogP contribution in [0.4, 0.5) is 5.69 Å². The number of hydrogen-bond acceptors (Lipinski definition) is 4. The highest BCUT2D eigenvalue weighted by molar-refractivity contribution is 5.78. The number of nitrogens with zero attached hydrogens (tertiary/aromatic N) is 3. The van der Waals surface area contributed by atoms with Gasteiger partial charge in [0, 0.05) is 18.4 Å². The Morgan fingerprint density at radius 2 is 2.33 bits per heavy atom. The molecule has 1 unspecified atom stereocenters. The second kappa shape index (κ2) is 5.50. The zero-order valence-corrected chi connectivity index (χ0v) is 10.0. The molecule has 94 valence electrons. The van der Waals surface area contributed by atoms with Crippen molar-refractivity contribution in [1.82, 2.24) is 4.98 Å². The summed E-state index contributed by atoms with van der Waals surface area (Å²) in [4.78, 5) is 17.1. The van der Waals surface area contributed by atoms with Crippen LogP contribution < -0.4 is 4.90 Å². The quantitative estimate of drug-likeness (QED) is 0.859. The lowest BCUT2D eigenvalue weighted by Gasteiger charge is -2.29. The molecule has 0 aliphatic carbocycles. The summed E-state index contributed by atoms with van der Waals surface area (Å²) >= 11 is 0. The molecule has 1 atom stereocenters. The van der Waals surface area contributed by atoms with Crippen LogP contribution >= 0.6 is 0 Å². The van der Waals surface area contributed by atoms with E-state index in [1.165, 1.54) is 0 Å². The van der Waals surface area contributed by atoms with Gasteiger partial charge in [0.05, 0.1) is 0 Å². The van der Waals surface area contributed by atoms with Crippen LogP contribution in [0.25, 0.3) is 0 Å². The molecule has 0 radical (unpaired) electrons. The van der Waals surface area contributed by atoms with Gasteiger partial charge in [-0.25, -0.2) is 9.78 Å². The number of pyridine rings is 1. The van der Waals surface area contributed by atoms with Gasteiger partial charge in [0.25, 0.3) is 0 Å². The van der Waals surface area contributed by atoms with Gasteiger partial charge < -0.3 is 10.0 Å². The topological polar surface area (TPSA) is 77.2 Å². The molecule has 0 saturated carbocycles. The number of carbonyl (C=O) groups is 1. The van der Waals surface area contributed by atoms with Gasteiger partial charge in [-0.2, -0.15) is 5.26 Å². The second-order valence-electron chi connectivity index (χ2n) is 4.41. The molecule has 5 nitrogen and oxygen atoms in total. The van der Waals surface area contributed by atoms with E-state index < -0.39 is 12.0 Å². The van der Waals surface area contributed by atoms with Gasteiger partial charge in [-0.05, 0) is 25.0 Å². The minimum atomic E-state index is -0.799. The number of anilines is 1. The van der Waals surface area contributed by atoms with Crippen LogP contribution in [0.1, 0.15) is 31.4 Å². The Hall–Kier alpha value is -2.09. The first-order valence-corrected chi connectivity index (χ1v) is 6.08. The molecule has 18 heavy (non-hydrogen) atoms. The SMILES string of the molecule is N#Cc1cc(N2CCCCCC2C(=O)O)ccn1. The average molecular weight is 245 g/mol. The Kier molecular flexibility index (Phi) is 3.78. The van der Waals surface area contributed by atoms with E-state index >= 15 is 0 Å². The maximum absolute atomic E-state index is 11.3. The predicted molar refractivity (Wildman–Crippen MR) is 66.2 cm³/mol. The highest BCUT2D eigenvalue weighted by atomic mass is 16.4. The normalized spacial score (nSPS) is 19.9. The predicted octanol–water partition coefficient (Wildman–Crippen LogP) is 1.79. The number of aliphatic carboxylic acids is 1. The van der Waals surface area contributed by atoms with Crippen LogP contribution in [-0.4, -0.2) is 28.6 Å². The van der Waals surface area contributed by atoms with E-state index in [0.717, 1.165) is 24.9 Å². The molecular weight excluding hydrogens is 230 g/mol. The lowest BCUT2D eigenvalue weighted by Crippen LogP contribution is -2.40. The largest absolute Gasteiger partial charge is 0.480 e. The van der Waals surface area contributed by atoms with Crippen LogP contribution in [0, 0.1) is 11.3 Å².